The van der Waals surface area contributed by atoms with Gasteiger partial charge in [0.15, 0.2) is 0 Å². The van der Waals surface area contributed by atoms with E-state index in [-0.39, 0.29) is 23.2 Å². The first-order valence-electron chi connectivity index (χ1n) is 9.07. The fourth-order valence-electron chi connectivity index (χ4n) is 4.84. The molecule has 0 aromatic carbocycles. The van der Waals surface area contributed by atoms with Crippen LogP contribution < -0.4 is 0 Å². The summed E-state index contributed by atoms with van der Waals surface area (Å²) in [5, 5.41) is 19.4. The van der Waals surface area contributed by atoms with Crippen molar-refractivity contribution in [2.45, 2.75) is 89.6 Å². The monoisotopic (exact) mass is 338 g/mol. The summed E-state index contributed by atoms with van der Waals surface area (Å²) in [6.45, 7) is 15.8. The van der Waals surface area contributed by atoms with Gasteiger partial charge in [0, 0.05) is 0 Å². The maximum absolute atomic E-state index is 10.3. The van der Waals surface area contributed by atoms with Gasteiger partial charge in [0.2, 0.25) is 0 Å². The van der Waals surface area contributed by atoms with Gasteiger partial charge >= 0.3 is 0 Å². The van der Waals surface area contributed by atoms with E-state index in [1.807, 2.05) is 13.8 Å². The van der Waals surface area contributed by atoms with Crippen molar-refractivity contribution in [3.05, 3.63) is 24.8 Å². The van der Waals surface area contributed by atoms with Gasteiger partial charge in [-0.1, -0.05) is 19.6 Å². The standard InChI is InChI=1S/C20H34O4/c1-7-18(4,21)11-9-16-19(5,12-8-15(24-22)14(2)3)17-10-13-20(16,6)23-17/h7,15-17,21-22H,1-2,8-13H2,3-6H3/t15-,16-,17+,18+,19-,20-/m0/s1. The number of ether oxygens (including phenoxy) is 1. The molecule has 4 heteroatoms. The van der Waals surface area contributed by atoms with E-state index in [0.717, 1.165) is 37.7 Å². The molecule has 6 atom stereocenters. The van der Waals surface area contributed by atoms with Crippen molar-refractivity contribution >= 4 is 0 Å². The molecule has 2 aliphatic heterocycles. The molecule has 0 aliphatic carbocycles. The lowest BCUT2D eigenvalue weighted by molar-refractivity contribution is -0.270. The van der Waals surface area contributed by atoms with Crippen LogP contribution >= 0.6 is 0 Å². The zero-order chi connectivity index (χ0) is 18.2. The minimum absolute atomic E-state index is 0.0243. The van der Waals surface area contributed by atoms with Crippen LogP contribution in [0.15, 0.2) is 24.8 Å². The van der Waals surface area contributed by atoms with E-state index in [4.69, 9.17) is 9.99 Å². The maximum Gasteiger partial charge on any atom is 0.113 e. The Balaban J connectivity index is 2.12. The highest BCUT2D eigenvalue weighted by Gasteiger charge is 2.62. The molecule has 24 heavy (non-hydrogen) atoms. The molecule has 138 valence electrons. The van der Waals surface area contributed by atoms with Gasteiger partial charge in [-0.25, -0.2) is 4.89 Å². The minimum atomic E-state index is -0.840. The number of fused-ring (bicyclic) bond motifs is 2. The third-order valence-electron chi connectivity index (χ3n) is 6.58. The van der Waals surface area contributed by atoms with E-state index in [1.165, 1.54) is 0 Å². The molecule has 0 aromatic heterocycles. The topological polar surface area (TPSA) is 58.9 Å². The summed E-state index contributed by atoms with van der Waals surface area (Å²) >= 11 is 0. The second-order valence-electron chi connectivity index (χ2n) is 8.60. The molecule has 0 aromatic rings. The third-order valence-corrected chi connectivity index (χ3v) is 6.58. The van der Waals surface area contributed by atoms with Crippen molar-refractivity contribution in [3.63, 3.8) is 0 Å². The fourth-order valence-corrected chi connectivity index (χ4v) is 4.84. The highest BCUT2D eigenvalue weighted by molar-refractivity contribution is 5.12. The molecular weight excluding hydrogens is 304 g/mol. The zero-order valence-corrected chi connectivity index (χ0v) is 15.7. The Bertz CT molecular complexity index is 486. The molecule has 0 unspecified atom stereocenters. The Hall–Kier alpha value is -0.680. The molecule has 2 rings (SSSR count). The fraction of sp³-hybridized carbons (Fsp3) is 0.800. The van der Waals surface area contributed by atoms with Crippen molar-refractivity contribution in [1.29, 1.82) is 0 Å². The van der Waals surface area contributed by atoms with Crippen molar-refractivity contribution in [3.8, 4) is 0 Å². The van der Waals surface area contributed by atoms with E-state index in [2.05, 4.69) is 31.9 Å². The molecule has 2 saturated heterocycles. The van der Waals surface area contributed by atoms with Gasteiger partial charge in [0.1, 0.15) is 6.10 Å². The number of aliphatic hydroxyl groups is 1. The van der Waals surface area contributed by atoms with Crippen LogP contribution in [-0.2, 0) is 9.62 Å². The van der Waals surface area contributed by atoms with Gasteiger partial charge in [-0.15, -0.1) is 6.58 Å². The Morgan fingerprint density at radius 1 is 1.50 bits per heavy atom. The van der Waals surface area contributed by atoms with Crippen molar-refractivity contribution in [2.24, 2.45) is 11.3 Å². The normalized spacial score (nSPS) is 38.8. The average molecular weight is 338 g/mol. The van der Waals surface area contributed by atoms with E-state index < -0.39 is 5.60 Å². The number of hydrogen-bond donors (Lipinski definition) is 2. The SMILES string of the molecule is C=C[C@@](C)(O)CC[C@H]1[C@](C)(CC[C@H](OO)C(=C)C)[C@H]2CC[C@]1(C)O2. The maximum atomic E-state index is 10.3. The average Bonchev–Trinajstić information content (AvgIpc) is 2.99. The van der Waals surface area contributed by atoms with Gasteiger partial charge in [0.05, 0.1) is 17.3 Å². The molecule has 2 N–H and O–H groups in total. The molecule has 2 fully saturated rings. The van der Waals surface area contributed by atoms with Gasteiger partial charge in [-0.3, -0.25) is 5.26 Å². The number of hydrogen-bond acceptors (Lipinski definition) is 4. The summed E-state index contributed by atoms with van der Waals surface area (Å²) in [6.07, 6.45) is 6.92. The molecule has 2 aliphatic rings. The molecular formula is C20H34O4. The Morgan fingerprint density at radius 2 is 2.17 bits per heavy atom. The van der Waals surface area contributed by atoms with Crippen LogP contribution in [-0.4, -0.2) is 33.8 Å². The quantitative estimate of drug-likeness (QED) is 0.369. The summed E-state index contributed by atoms with van der Waals surface area (Å²) < 4.78 is 6.38. The van der Waals surface area contributed by atoms with E-state index in [0.29, 0.717) is 12.3 Å². The van der Waals surface area contributed by atoms with Gasteiger partial charge in [-0.2, -0.15) is 0 Å². The van der Waals surface area contributed by atoms with Crippen LogP contribution in [0.1, 0.15) is 66.2 Å². The van der Waals surface area contributed by atoms with Gasteiger partial charge < -0.3 is 9.84 Å². The molecule has 4 nitrogen and oxygen atoms in total. The smallest absolute Gasteiger partial charge is 0.113 e. The lowest BCUT2D eigenvalue weighted by Crippen LogP contribution is -2.43. The summed E-state index contributed by atoms with van der Waals surface area (Å²) in [7, 11) is 0. The molecule has 0 amide bonds. The van der Waals surface area contributed by atoms with E-state index in [1.54, 1.807) is 6.08 Å². The number of rotatable bonds is 9. The summed E-state index contributed by atoms with van der Waals surface area (Å²) in [5.74, 6) is 0.375. The van der Waals surface area contributed by atoms with Crippen LogP contribution in [0.3, 0.4) is 0 Å². The largest absolute Gasteiger partial charge is 0.386 e. The Kier molecular flexibility index (Phi) is 5.65. The first-order chi connectivity index (χ1) is 11.1. The van der Waals surface area contributed by atoms with Crippen molar-refractivity contribution in [1.82, 2.24) is 0 Å². The zero-order valence-electron chi connectivity index (χ0n) is 15.7. The predicted octanol–water partition coefficient (Wildman–Crippen LogP) is 4.49. The van der Waals surface area contributed by atoms with Crippen LogP contribution in [0.25, 0.3) is 0 Å². The molecule has 2 heterocycles. The van der Waals surface area contributed by atoms with Crippen LogP contribution in [0, 0.1) is 11.3 Å². The van der Waals surface area contributed by atoms with Crippen LogP contribution in [0.4, 0.5) is 0 Å². The predicted molar refractivity (Wildman–Crippen MR) is 95.7 cm³/mol. The minimum Gasteiger partial charge on any atom is -0.386 e. The Morgan fingerprint density at radius 3 is 2.71 bits per heavy atom. The second kappa shape index (κ2) is 6.91. The second-order valence-corrected chi connectivity index (χ2v) is 8.60. The van der Waals surface area contributed by atoms with Gasteiger partial charge in [-0.05, 0) is 76.2 Å². The van der Waals surface area contributed by atoms with Crippen molar-refractivity contribution < 1.29 is 20.0 Å². The Labute approximate surface area is 146 Å². The highest BCUT2D eigenvalue weighted by atomic mass is 17.1. The summed E-state index contributed by atoms with van der Waals surface area (Å²) in [5.41, 5.74) is -0.0954. The lowest BCUT2D eigenvalue weighted by Gasteiger charge is -2.43. The lowest BCUT2D eigenvalue weighted by atomic mass is 9.59. The summed E-state index contributed by atoms with van der Waals surface area (Å²) in [4.78, 5) is 4.60. The van der Waals surface area contributed by atoms with E-state index >= 15 is 0 Å². The molecule has 0 saturated carbocycles. The van der Waals surface area contributed by atoms with Gasteiger partial charge in [0.25, 0.3) is 0 Å². The third kappa shape index (κ3) is 3.62. The first kappa shape index (κ1) is 19.6. The van der Waals surface area contributed by atoms with Crippen LogP contribution in [0.5, 0.6) is 0 Å². The highest BCUT2D eigenvalue weighted by Crippen LogP contribution is 2.61. The first-order valence-corrected chi connectivity index (χ1v) is 9.07. The van der Waals surface area contributed by atoms with E-state index in [9.17, 15) is 5.11 Å². The molecule has 0 spiro atoms. The molecule has 2 bridgehead atoms. The summed E-state index contributed by atoms with van der Waals surface area (Å²) in [6, 6.07) is 0. The van der Waals surface area contributed by atoms with Crippen LogP contribution in [0.2, 0.25) is 0 Å². The van der Waals surface area contributed by atoms with Crippen molar-refractivity contribution in [2.75, 3.05) is 0 Å². The molecule has 0 radical (unpaired) electrons.